The van der Waals surface area contributed by atoms with E-state index >= 15 is 0 Å². The summed E-state index contributed by atoms with van der Waals surface area (Å²) in [4.78, 5) is 15.4. The molecule has 21 heavy (non-hydrogen) atoms. The van der Waals surface area contributed by atoms with Crippen LogP contribution in [0.4, 0.5) is 17.1 Å². The second kappa shape index (κ2) is 5.13. The van der Waals surface area contributed by atoms with Gasteiger partial charge in [-0.25, -0.2) is 0 Å². The van der Waals surface area contributed by atoms with Gasteiger partial charge in [-0.1, -0.05) is 18.2 Å². The zero-order valence-electron chi connectivity index (χ0n) is 11.2. The lowest BCUT2D eigenvalue weighted by molar-refractivity contribution is 0.100. The Morgan fingerprint density at radius 1 is 1.05 bits per heavy atom. The van der Waals surface area contributed by atoms with E-state index in [2.05, 4.69) is 10.3 Å². The van der Waals surface area contributed by atoms with Gasteiger partial charge in [0.1, 0.15) is 0 Å². The van der Waals surface area contributed by atoms with Gasteiger partial charge in [0.05, 0.1) is 16.9 Å². The van der Waals surface area contributed by atoms with Gasteiger partial charge in [-0.05, 0) is 24.3 Å². The average molecular weight is 278 g/mol. The Morgan fingerprint density at radius 3 is 2.62 bits per heavy atom. The second-order valence-electron chi connectivity index (χ2n) is 4.66. The number of benzene rings is 2. The number of fused-ring (bicyclic) bond motifs is 1. The number of nitrogens with zero attached hydrogens (tertiary/aromatic N) is 1. The molecule has 1 heterocycles. The third-order valence-electron chi connectivity index (χ3n) is 3.32. The van der Waals surface area contributed by atoms with Crippen LogP contribution in [0.2, 0.25) is 0 Å². The summed E-state index contributed by atoms with van der Waals surface area (Å²) in [6, 6.07) is 12.9. The van der Waals surface area contributed by atoms with Crippen molar-refractivity contribution in [3.8, 4) is 0 Å². The lowest BCUT2D eigenvalue weighted by Crippen LogP contribution is -2.14. The summed E-state index contributed by atoms with van der Waals surface area (Å²) in [6.07, 6.45) is 3.53. The van der Waals surface area contributed by atoms with Gasteiger partial charge in [0.15, 0.2) is 0 Å². The van der Waals surface area contributed by atoms with E-state index in [4.69, 9.17) is 11.5 Å². The predicted molar refractivity (Wildman–Crippen MR) is 84.4 cm³/mol. The molecule has 1 amide bonds. The van der Waals surface area contributed by atoms with Crippen LogP contribution in [0, 0.1) is 0 Å². The normalized spacial score (nSPS) is 10.5. The monoisotopic (exact) mass is 278 g/mol. The van der Waals surface area contributed by atoms with E-state index in [0.717, 1.165) is 16.5 Å². The van der Waals surface area contributed by atoms with Crippen LogP contribution in [0.1, 0.15) is 10.4 Å². The van der Waals surface area contributed by atoms with Gasteiger partial charge in [-0.15, -0.1) is 0 Å². The van der Waals surface area contributed by atoms with Crippen molar-refractivity contribution in [2.24, 2.45) is 5.73 Å². The van der Waals surface area contributed by atoms with E-state index in [1.807, 2.05) is 30.3 Å². The number of carbonyl (C=O) groups excluding carboxylic acids is 1. The lowest BCUT2D eigenvalue weighted by Gasteiger charge is -2.13. The number of para-hydroxylation sites is 1. The molecule has 0 aliphatic rings. The number of nitrogen functional groups attached to an aromatic ring is 1. The van der Waals surface area contributed by atoms with Crippen LogP contribution in [0.5, 0.6) is 0 Å². The number of anilines is 3. The van der Waals surface area contributed by atoms with Gasteiger partial charge in [0.25, 0.3) is 5.91 Å². The number of nitrogens with two attached hydrogens (primary N) is 2. The molecular weight excluding hydrogens is 264 g/mol. The van der Waals surface area contributed by atoms with Crippen LogP contribution in [-0.4, -0.2) is 10.9 Å². The standard InChI is InChI=1S/C16H14N4O/c17-15-12(16(18)21)4-2-6-14(15)20-13-5-1-3-10-9-19-8-7-11(10)13/h1-9,20H,17H2,(H2,18,21). The number of rotatable bonds is 3. The Balaban J connectivity index is 2.07. The Morgan fingerprint density at radius 2 is 1.81 bits per heavy atom. The highest BCUT2D eigenvalue weighted by Gasteiger charge is 2.10. The summed E-state index contributed by atoms with van der Waals surface area (Å²) in [5, 5.41) is 5.29. The minimum Gasteiger partial charge on any atom is -0.396 e. The molecule has 3 rings (SSSR count). The number of amides is 1. The first-order valence-electron chi connectivity index (χ1n) is 6.45. The van der Waals surface area contributed by atoms with Crippen LogP contribution in [0.15, 0.2) is 54.9 Å². The molecule has 0 saturated carbocycles. The molecule has 1 aromatic heterocycles. The molecule has 0 atom stereocenters. The summed E-state index contributed by atoms with van der Waals surface area (Å²) in [5.41, 5.74) is 13.5. The fourth-order valence-corrected chi connectivity index (χ4v) is 2.27. The van der Waals surface area contributed by atoms with Crippen LogP contribution in [0.25, 0.3) is 10.8 Å². The first-order chi connectivity index (χ1) is 10.2. The number of primary amides is 1. The van der Waals surface area contributed by atoms with Gasteiger partial charge in [-0.3, -0.25) is 9.78 Å². The summed E-state index contributed by atoms with van der Waals surface area (Å²) < 4.78 is 0. The Labute approximate surface area is 121 Å². The molecular formula is C16H14N4O. The number of pyridine rings is 1. The maximum absolute atomic E-state index is 11.3. The third-order valence-corrected chi connectivity index (χ3v) is 3.32. The zero-order valence-corrected chi connectivity index (χ0v) is 11.2. The number of hydrogen-bond donors (Lipinski definition) is 3. The van der Waals surface area contributed by atoms with Crippen LogP contribution in [0.3, 0.4) is 0 Å². The largest absolute Gasteiger partial charge is 0.396 e. The minimum atomic E-state index is -0.543. The number of nitrogens with one attached hydrogen (secondary N) is 1. The minimum absolute atomic E-state index is 0.307. The fourth-order valence-electron chi connectivity index (χ4n) is 2.27. The molecule has 3 aromatic rings. The van der Waals surface area contributed by atoms with Crippen molar-refractivity contribution in [3.63, 3.8) is 0 Å². The molecule has 5 heteroatoms. The van der Waals surface area contributed by atoms with Gasteiger partial charge in [-0.2, -0.15) is 0 Å². The van der Waals surface area contributed by atoms with Crippen molar-refractivity contribution in [2.75, 3.05) is 11.1 Å². The smallest absolute Gasteiger partial charge is 0.250 e. The molecule has 0 radical (unpaired) electrons. The van der Waals surface area contributed by atoms with E-state index in [1.54, 1.807) is 24.5 Å². The van der Waals surface area contributed by atoms with Crippen LogP contribution >= 0.6 is 0 Å². The van der Waals surface area contributed by atoms with E-state index in [1.165, 1.54) is 0 Å². The molecule has 0 aliphatic heterocycles. The van der Waals surface area contributed by atoms with Gasteiger partial charge in [0.2, 0.25) is 0 Å². The maximum Gasteiger partial charge on any atom is 0.250 e. The summed E-state index contributed by atoms with van der Waals surface area (Å²) in [5.74, 6) is -0.543. The highest BCUT2D eigenvalue weighted by atomic mass is 16.1. The molecule has 0 unspecified atom stereocenters. The first kappa shape index (κ1) is 12.9. The molecule has 0 aliphatic carbocycles. The van der Waals surface area contributed by atoms with Crippen molar-refractivity contribution in [1.29, 1.82) is 0 Å². The van der Waals surface area contributed by atoms with Crippen molar-refractivity contribution in [2.45, 2.75) is 0 Å². The SMILES string of the molecule is NC(=O)c1cccc(Nc2cccc3cnccc23)c1N. The number of carbonyl (C=O) groups is 1. The van der Waals surface area contributed by atoms with Crippen LogP contribution < -0.4 is 16.8 Å². The number of aromatic nitrogens is 1. The van der Waals surface area contributed by atoms with Gasteiger partial charge < -0.3 is 16.8 Å². The van der Waals surface area contributed by atoms with E-state index < -0.39 is 5.91 Å². The van der Waals surface area contributed by atoms with E-state index in [-0.39, 0.29) is 0 Å². The highest BCUT2D eigenvalue weighted by molar-refractivity contribution is 6.02. The summed E-state index contributed by atoms with van der Waals surface area (Å²) >= 11 is 0. The Kier molecular flexibility index (Phi) is 3.16. The molecule has 0 fully saturated rings. The Bertz CT molecular complexity index is 824. The quantitative estimate of drug-likeness (QED) is 0.642. The third kappa shape index (κ3) is 2.36. The van der Waals surface area contributed by atoms with Gasteiger partial charge >= 0.3 is 0 Å². The zero-order chi connectivity index (χ0) is 14.8. The predicted octanol–water partition coefficient (Wildman–Crippen LogP) is 2.66. The molecule has 0 spiro atoms. The fraction of sp³-hybridized carbons (Fsp3) is 0. The van der Waals surface area contributed by atoms with Crippen molar-refractivity contribution in [1.82, 2.24) is 4.98 Å². The first-order valence-corrected chi connectivity index (χ1v) is 6.45. The summed E-state index contributed by atoms with van der Waals surface area (Å²) in [7, 11) is 0. The lowest BCUT2D eigenvalue weighted by atomic mass is 10.1. The molecule has 2 aromatic carbocycles. The van der Waals surface area contributed by atoms with E-state index in [0.29, 0.717) is 16.9 Å². The second-order valence-corrected chi connectivity index (χ2v) is 4.66. The molecule has 104 valence electrons. The van der Waals surface area contributed by atoms with Crippen molar-refractivity contribution < 1.29 is 4.79 Å². The van der Waals surface area contributed by atoms with E-state index in [9.17, 15) is 4.79 Å². The highest BCUT2D eigenvalue weighted by Crippen LogP contribution is 2.30. The summed E-state index contributed by atoms with van der Waals surface area (Å²) in [6.45, 7) is 0. The average Bonchev–Trinajstić information content (AvgIpc) is 2.49. The van der Waals surface area contributed by atoms with Crippen molar-refractivity contribution >= 4 is 33.7 Å². The van der Waals surface area contributed by atoms with Gasteiger partial charge in [0, 0.05) is 28.9 Å². The number of hydrogen-bond acceptors (Lipinski definition) is 4. The van der Waals surface area contributed by atoms with Crippen LogP contribution in [-0.2, 0) is 0 Å². The molecule has 0 bridgehead atoms. The van der Waals surface area contributed by atoms with Crippen molar-refractivity contribution in [3.05, 3.63) is 60.4 Å². The maximum atomic E-state index is 11.3. The molecule has 5 N–H and O–H groups in total. The Hall–Kier alpha value is -3.08. The molecule has 5 nitrogen and oxygen atoms in total. The topological polar surface area (TPSA) is 94.0 Å². The molecule has 0 saturated heterocycles.